The Balaban J connectivity index is 2.53. The normalized spacial score (nSPS) is 9.83. The van der Waals surface area contributed by atoms with E-state index in [1.807, 2.05) is 11.4 Å². The second-order valence-corrected chi connectivity index (χ2v) is 4.99. The fourth-order valence-corrected chi connectivity index (χ4v) is 2.04. The summed E-state index contributed by atoms with van der Waals surface area (Å²) in [7, 11) is 0. The Hall–Kier alpha value is -0.140. The summed E-state index contributed by atoms with van der Waals surface area (Å²) in [5.74, 6) is -0.0420. The molecule has 1 rings (SSSR count). The van der Waals surface area contributed by atoms with Gasteiger partial charge in [0.05, 0.1) is 8.45 Å². The highest BCUT2D eigenvalue weighted by Crippen LogP contribution is 2.16. The van der Waals surface area contributed by atoms with Gasteiger partial charge in [0.2, 0.25) is 0 Å². The fourth-order valence-electron chi connectivity index (χ4n) is 0.717. The zero-order chi connectivity index (χ0) is 8.97. The highest BCUT2D eigenvalue weighted by atomic mass is 127. The van der Waals surface area contributed by atoms with Crippen molar-refractivity contribution in [1.82, 2.24) is 5.32 Å². The van der Waals surface area contributed by atoms with Crippen LogP contribution in [0.1, 0.15) is 10.4 Å². The Morgan fingerprint density at radius 2 is 2.50 bits per heavy atom. The highest BCUT2D eigenvalue weighted by molar-refractivity contribution is 14.1. The number of carbonyl (C=O) groups excluding carboxylic acids is 1. The van der Waals surface area contributed by atoms with E-state index in [2.05, 4.69) is 27.9 Å². The standard InChI is InChI=1S/C7H9IN2OS/c8-6-3-5(4-12-6)7(11)10-2-1-9/h3-4H,1-2,9H2,(H,10,11). The summed E-state index contributed by atoms with van der Waals surface area (Å²) < 4.78 is 1.12. The van der Waals surface area contributed by atoms with Crippen molar-refractivity contribution >= 4 is 39.8 Å². The van der Waals surface area contributed by atoms with Gasteiger partial charge in [-0.05, 0) is 28.7 Å². The van der Waals surface area contributed by atoms with Gasteiger partial charge >= 0.3 is 0 Å². The van der Waals surface area contributed by atoms with E-state index in [4.69, 9.17) is 5.73 Å². The molecule has 0 fully saturated rings. The molecule has 1 heterocycles. The van der Waals surface area contributed by atoms with E-state index in [-0.39, 0.29) is 5.91 Å². The smallest absolute Gasteiger partial charge is 0.252 e. The van der Waals surface area contributed by atoms with Gasteiger partial charge in [-0.3, -0.25) is 4.79 Å². The molecule has 1 amide bonds. The lowest BCUT2D eigenvalue weighted by Crippen LogP contribution is -2.28. The van der Waals surface area contributed by atoms with E-state index in [1.165, 1.54) is 0 Å². The molecule has 3 N–H and O–H groups in total. The Morgan fingerprint density at radius 1 is 1.75 bits per heavy atom. The lowest BCUT2D eigenvalue weighted by molar-refractivity contribution is 0.0955. The van der Waals surface area contributed by atoms with Gasteiger partial charge in [0.1, 0.15) is 0 Å². The molecular formula is C7H9IN2OS. The topological polar surface area (TPSA) is 55.1 Å². The Bertz CT molecular complexity index is 274. The largest absolute Gasteiger partial charge is 0.351 e. The molecule has 0 aliphatic carbocycles. The van der Waals surface area contributed by atoms with Crippen molar-refractivity contribution in [2.75, 3.05) is 13.1 Å². The molecule has 0 aliphatic rings. The molecule has 0 bridgehead atoms. The van der Waals surface area contributed by atoms with E-state index in [9.17, 15) is 4.79 Å². The summed E-state index contributed by atoms with van der Waals surface area (Å²) in [6.45, 7) is 1.01. The monoisotopic (exact) mass is 296 g/mol. The Labute approximate surface area is 88.5 Å². The van der Waals surface area contributed by atoms with Gasteiger partial charge in [-0.15, -0.1) is 11.3 Å². The average Bonchev–Trinajstić information content (AvgIpc) is 2.47. The van der Waals surface area contributed by atoms with Crippen LogP contribution in [0.15, 0.2) is 11.4 Å². The summed E-state index contributed by atoms with van der Waals surface area (Å²) in [5, 5.41) is 4.54. The van der Waals surface area contributed by atoms with Crippen LogP contribution in [0, 0.1) is 2.88 Å². The molecule has 0 aromatic carbocycles. The second-order valence-electron chi connectivity index (χ2n) is 2.18. The summed E-state index contributed by atoms with van der Waals surface area (Å²) in [6, 6.07) is 1.86. The molecule has 66 valence electrons. The van der Waals surface area contributed by atoms with E-state index in [0.717, 1.165) is 8.45 Å². The van der Waals surface area contributed by atoms with Crippen LogP contribution in [0.2, 0.25) is 0 Å². The summed E-state index contributed by atoms with van der Waals surface area (Å²) >= 11 is 3.75. The zero-order valence-corrected chi connectivity index (χ0v) is 9.31. The molecular weight excluding hydrogens is 287 g/mol. The maximum absolute atomic E-state index is 11.3. The molecule has 0 atom stereocenters. The molecule has 0 spiro atoms. The van der Waals surface area contributed by atoms with Gasteiger partial charge in [0, 0.05) is 18.5 Å². The van der Waals surface area contributed by atoms with Crippen LogP contribution in [-0.2, 0) is 0 Å². The van der Waals surface area contributed by atoms with E-state index >= 15 is 0 Å². The lowest BCUT2D eigenvalue weighted by atomic mass is 10.3. The van der Waals surface area contributed by atoms with Gasteiger partial charge in [-0.25, -0.2) is 0 Å². The van der Waals surface area contributed by atoms with Crippen molar-refractivity contribution in [2.24, 2.45) is 5.73 Å². The van der Waals surface area contributed by atoms with Crippen LogP contribution in [-0.4, -0.2) is 19.0 Å². The summed E-state index contributed by atoms with van der Waals surface area (Å²) in [5.41, 5.74) is 5.97. The van der Waals surface area contributed by atoms with E-state index in [1.54, 1.807) is 11.3 Å². The number of carbonyl (C=O) groups is 1. The van der Waals surface area contributed by atoms with Crippen LogP contribution in [0.5, 0.6) is 0 Å². The van der Waals surface area contributed by atoms with Crippen molar-refractivity contribution in [2.45, 2.75) is 0 Å². The molecule has 0 saturated carbocycles. The highest BCUT2D eigenvalue weighted by Gasteiger charge is 2.05. The fraction of sp³-hybridized carbons (Fsp3) is 0.286. The number of nitrogens with two attached hydrogens (primary N) is 1. The number of halogens is 1. The number of nitrogens with one attached hydrogen (secondary N) is 1. The lowest BCUT2D eigenvalue weighted by Gasteiger charge is -1.99. The Morgan fingerprint density at radius 3 is 3.00 bits per heavy atom. The quantitative estimate of drug-likeness (QED) is 0.819. The molecule has 3 nitrogen and oxygen atoms in total. The van der Waals surface area contributed by atoms with Crippen molar-refractivity contribution in [3.63, 3.8) is 0 Å². The maximum Gasteiger partial charge on any atom is 0.252 e. The van der Waals surface area contributed by atoms with Crippen molar-refractivity contribution in [3.8, 4) is 0 Å². The third-order valence-corrected chi connectivity index (χ3v) is 3.05. The van der Waals surface area contributed by atoms with Crippen molar-refractivity contribution in [1.29, 1.82) is 0 Å². The minimum absolute atomic E-state index is 0.0420. The minimum atomic E-state index is -0.0420. The van der Waals surface area contributed by atoms with Gasteiger partial charge in [0.25, 0.3) is 5.91 Å². The average molecular weight is 296 g/mol. The van der Waals surface area contributed by atoms with Crippen LogP contribution >= 0.6 is 33.9 Å². The third kappa shape index (κ3) is 2.72. The molecule has 0 saturated heterocycles. The van der Waals surface area contributed by atoms with E-state index < -0.39 is 0 Å². The first kappa shape index (κ1) is 9.94. The van der Waals surface area contributed by atoms with Crippen LogP contribution in [0.4, 0.5) is 0 Å². The van der Waals surface area contributed by atoms with Gasteiger partial charge in [-0.1, -0.05) is 0 Å². The van der Waals surface area contributed by atoms with Gasteiger partial charge < -0.3 is 11.1 Å². The molecule has 12 heavy (non-hydrogen) atoms. The number of hydrogen-bond donors (Lipinski definition) is 2. The number of rotatable bonds is 3. The van der Waals surface area contributed by atoms with Crippen molar-refractivity contribution in [3.05, 3.63) is 19.9 Å². The molecule has 5 heteroatoms. The third-order valence-electron chi connectivity index (χ3n) is 1.26. The minimum Gasteiger partial charge on any atom is -0.351 e. The summed E-state index contributed by atoms with van der Waals surface area (Å²) in [6.07, 6.45) is 0. The number of amides is 1. The van der Waals surface area contributed by atoms with Crippen LogP contribution < -0.4 is 11.1 Å². The van der Waals surface area contributed by atoms with Gasteiger partial charge in [-0.2, -0.15) is 0 Å². The maximum atomic E-state index is 11.3. The first-order valence-corrected chi connectivity index (χ1v) is 5.42. The first-order valence-electron chi connectivity index (χ1n) is 3.46. The molecule has 1 aromatic rings. The van der Waals surface area contributed by atoms with Crippen LogP contribution in [0.3, 0.4) is 0 Å². The summed E-state index contributed by atoms with van der Waals surface area (Å²) in [4.78, 5) is 11.3. The molecule has 1 aromatic heterocycles. The molecule has 0 unspecified atom stereocenters. The molecule has 0 aliphatic heterocycles. The van der Waals surface area contributed by atoms with Crippen LogP contribution in [0.25, 0.3) is 0 Å². The molecule has 0 radical (unpaired) electrons. The SMILES string of the molecule is NCCNC(=O)c1csc(I)c1. The Kier molecular flexibility index (Phi) is 3.96. The van der Waals surface area contributed by atoms with Crippen molar-refractivity contribution < 1.29 is 4.79 Å². The number of hydrogen-bond acceptors (Lipinski definition) is 3. The second kappa shape index (κ2) is 4.78. The number of thiophene rings is 1. The van der Waals surface area contributed by atoms with Gasteiger partial charge in [0.15, 0.2) is 0 Å². The predicted molar refractivity (Wildman–Crippen MR) is 58.4 cm³/mol. The zero-order valence-electron chi connectivity index (χ0n) is 6.34. The first-order chi connectivity index (χ1) is 5.74. The predicted octanol–water partition coefficient (Wildman–Crippen LogP) is 1.04. The van der Waals surface area contributed by atoms with E-state index in [0.29, 0.717) is 13.1 Å².